The molecule has 3 aromatic heterocycles. The molecule has 4 heterocycles. The Labute approximate surface area is 167 Å². The fraction of sp³-hybridized carbons (Fsp3) is 0.471. The van der Waals surface area contributed by atoms with E-state index in [1.165, 1.54) is 23.1 Å². The molecule has 0 saturated carbocycles. The lowest BCUT2D eigenvalue weighted by Crippen LogP contribution is -2.44. The highest BCUT2D eigenvalue weighted by Crippen LogP contribution is 2.44. The van der Waals surface area contributed by atoms with Crippen molar-refractivity contribution in [2.24, 2.45) is 7.05 Å². The second kappa shape index (κ2) is 6.85. The van der Waals surface area contributed by atoms with Crippen LogP contribution in [0.2, 0.25) is 5.28 Å². The maximum atomic E-state index is 13.6. The van der Waals surface area contributed by atoms with Crippen LogP contribution in [0.25, 0.3) is 21.3 Å². The Bertz CT molecular complexity index is 1050. The average Bonchev–Trinajstić information content (AvgIpc) is 3.16. The number of fused-ring (bicyclic) bond motifs is 1. The number of aryl methyl sites for hydroxylation is 1. The Morgan fingerprint density at radius 1 is 1.32 bits per heavy atom. The highest BCUT2D eigenvalue weighted by atomic mass is 35.5. The van der Waals surface area contributed by atoms with Crippen LogP contribution in [0.1, 0.15) is 18.3 Å². The summed E-state index contributed by atoms with van der Waals surface area (Å²) in [6.45, 7) is 5.32. The van der Waals surface area contributed by atoms with Crippen molar-refractivity contribution in [3.63, 3.8) is 0 Å². The number of halogens is 4. The molecule has 3 aromatic rings. The molecule has 1 atom stereocenters. The highest BCUT2D eigenvalue weighted by molar-refractivity contribution is 7.18. The molecule has 11 heteroatoms. The Morgan fingerprint density at radius 2 is 2.07 bits per heavy atom. The third kappa shape index (κ3) is 3.13. The van der Waals surface area contributed by atoms with Crippen LogP contribution < -0.4 is 4.90 Å². The summed E-state index contributed by atoms with van der Waals surface area (Å²) in [5.41, 5.74) is 0.271. The minimum atomic E-state index is -4.58. The van der Waals surface area contributed by atoms with Crippen LogP contribution in [-0.4, -0.2) is 45.5 Å². The summed E-state index contributed by atoms with van der Waals surface area (Å²) in [5, 5.41) is 5.35. The van der Waals surface area contributed by atoms with Crippen molar-refractivity contribution in [2.75, 3.05) is 24.7 Å². The topological polar surface area (TPSA) is 56.1 Å². The van der Waals surface area contributed by atoms with E-state index in [4.69, 9.17) is 16.3 Å². The molecule has 0 bridgehead atoms. The molecule has 28 heavy (non-hydrogen) atoms. The quantitative estimate of drug-likeness (QED) is 0.566. The van der Waals surface area contributed by atoms with Crippen molar-refractivity contribution in [1.82, 2.24) is 19.7 Å². The SMILES string of the molecule is Cc1c(-c2csc3c(N4CCOC[C@H]4C)nc(Cl)nc23)c(C(F)(F)F)nn1C. The average molecular weight is 432 g/mol. The molecule has 150 valence electrons. The summed E-state index contributed by atoms with van der Waals surface area (Å²) in [6.07, 6.45) is -4.58. The van der Waals surface area contributed by atoms with Gasteiger partial charge in [-0.1, -0.05) is 0 Å². The van der Waals surface area contributed by atoms with Crippen molar-refractivity contribution >= 4 is 39.0 Å². The Balaban J connectivity index is 1.95. The third-order valence-corrected chi connectivity index (χ3v) is 6.02. The van der Waals surface area contributed by atoms with E-state index in [0.29, 0.717) is 47.1 Å². The maximum Gasteiger partial charge on any atom is 0.435 e. The zero-order valence-electron chi connectivity index (χ0n) is 15.3. The second-order valence-electron chi connectivity index (χ2n) is 6.69. The molecule has 0 amide bonds. The summed E-state index contributed by atoms with van der Waals surface area (Å²) >= 11 is 7.47. The molecular formula is C17H17ClF3N5OS. The molecule has 6 nitrogen and oxygen atoms in total. The molecule has 0 aliphatic carbocycles. The second-order valence-corrected chi connectivity index (χ2v) is 7.91. The van der Waals surface area contributed by atoms with Gasteiger partial charge in [-0.25, -0.2) is 4.98 Å². The lowest BCUT2D eigenvalue weighted by molar-refractivity contribution is -0.140. The molecule has 1 aliphatic rings. The van der Waals surface area contributed by atoms with Crippen LogP contribution in [0.5, 0.6) is 0 Å². The number of thiophene rings is 1. The summed E-state index contributed by atoms with van der Waals surface area (Å²) < 4.78 is 48.1. The van der Waals surface area contributed by atoms with E-state index >= 15 is 0 Å². The number of alkyl halides is 3. The minimum Gasteiger partial charge on any atom is -0.377 e. The lowest BCUT2D eigenvalue weighted by atomic mass is 10.0. The molecule has 1 saturated heterocycles. The number of rotatable bonds is 2. The number of hydrogen-bond acceptors (Lipinski definition) is 6. The highest BCUT2D eigenvalue weighted by Gasteiger charge is 2.39. The van der Waals surface area contributed by atoms with E-state index in [0.717, 1.165) is 0 Å². The smallest absolute Gasteiger partial charge is 0.377 e. The zero-order chi connectivity index (χ0) is 20.2. The molecule has 0 N–H and O–H groups in total. The zero-order valence-corrected chi connectivity index (χ0v) is 16.9. The predicted molar refractivity (Wildman–Crippen MR) is 102 cm³/mol. The number of ether oxygens (including phenoxy) is 1. The van der Waals surface area contributed by atoms with Crippen molar-refractivity contribution in [2.45, 2.75) is 26.1 Å². The van der Waals surface area contributed by atoms with E-state index in [1.54, 1.807) is 12.3 Å². The van der Waals surface area contributed by atoms with E-state index in [-0.39, 0.29) is 16.9 Å². The number of nitrogens with zero attached hydrogens (tertiary/aromatic N) is 5. The van der Waals surface area contributed by atoms with Crippen LogP contribution in [0.4, 0.5) is 19.0 Å². The van der Waals surface area contributed by atoms with E-state index < -0.39 is 11.9 Å². The fourth-order valence-corrected chi connectivity index (χ4v) is 4.58. The van der Waals surface area contributed by atoms with Crippen LogP contribution in [-0.2, 0) is 18.0 Å². The van der Waals surface area contributed by atoms with Gasteiger partial charge in [-0.3, -0.25) is 4.68 Å². The molecule has 1 fully saturated rings. The van der Waals surface area contributed by atoms with Gasteiger partial charge in [-0.2, -0.15) is 23.3 Å². The molecular weight excluding hydrogens is 415 g/mol. The first-order valence-electron chi connectivity index (χ1n) is 8.58. The van der Waals surface area contributed by atoms with Gasteiger partial charge in [-0.05, 0) is 25.4 Å². The summed E-state index contributed by atoms with van der Waals surface area (Å²) in [4.78, 5) is 10.7. The van der Waals surface area contributed by atoms with Crippen LogP contribution in [0.3, 0.4) is 0 Å². The van der Waals surface area contributed by atoms with Gasteiger partial charge in [0.25, 0.3) is 0 Å². The lowest BCUT2D eigenvalue weighted by Gasteiger charge is -2.34. The number of hydrogen-bond donors (Lipinski definition) is 0. The molecule has 1 aliphatic heterocycles. The minimum absolute atomic E-state index is 0.00376. The van der Waals surface area contributed by atoms with Crippen molar-refractivity contribution in [3.05, 3.63) is 22.1 Å². The molecule has 0 aromatic carbocycles. The van der Waals surface area contributed by atoms with Crippen molar-refractivity contribution < 1.29 is 17.9 Å². The van der Waals surface area contributed by atoms with Gasteiger partial charge < -0.3 is 9.64 Å². The van der Waals surface area contributed by atoms with Gasteiger partial charge in [0.15, 0.2) is 11.5 Å². The van der Waals surface area contributed by atoms with Gasteiger partial charge in [0.2, 0.25) is 5.28 Å². The van der Waals surface area contributed by atoms with Crippen LogP contribution >= 0.6 is 22.9 Å². The van der Waals surface area contributed by atoms with Gasteiger partial charge in [-0.15, -0.1) is 11.3 Å². The first kappa shape index (κ1) is 19.4. The third-order valence-electron chi connectivity index (χ3n) is 4.88. The van der Waals surface area contributed by atoms with Gasteiger partial charge in [0.1, 0.15) is 0 Å². The number of anilines is 1. The van der Waals surface area contributed by atoms with E-state index in [2.05, 4.69) is 20.0 Å². The van der Waals surface area contributed by atoms with Crippen molar-refractivity contribution in [3.8, 4) is 11.1 Å². The largest absolute Gasteiger partial charge is 0.435 e. The molecule has 0 radical (unpaired) electrons. The summed E-state index contributed by atoms with van der Waals surface area (Å²) in [6, 6.07) is 0.0688. The van der Waals surface area contributed by atoms with Crippen LogP contribution in [0.15, 0.2) is 5.38 Å². The Hall–Kier alpha value is -1.91. The number of aromatic nitrogens is 4. The van der Waals surface area contributed by atoms with E-state index in [1.807, 2.05) is 6.92 Å². The molecule has 0 spiro atoms. The Kier molecular flexibility index (Phi) is 4.75. The molecule has 4 rings (SSSR count). The fourth-order valence-electron chi connectivity index (χ4n) is 3.42. The Morgan fingerprint density at radius 3 is 2.75 bits per heavy atom. The van der Waals surface area contributed by atoms with Gasteiger partial charge >= 0.3 is 6.18 Å². The van der Waals surface area contributed by atoms with Gasteiger partial charge in [0, 0.05) is 35.8 Å². The first-order chi connectivity index (χ1) is 13.2. The van der Waals surface area contributed by atoms with Crippen LogP contribution in [0, 0.1) is 6.92 Å². The molecule has 0 unspecified atom stereocenters. The maximum absolute atomic E-state index is 13.6. The van der Waals surface area contributed by atoms with Gasteiger partial charge in [0.05, 0.1) is 29.5 Å². The normalized spacial score (nSPS) is 18.2. The summed E-state index contributed by atoms with van der Waals surface area (Å²) in [5.74, 6) is 0.622. The van der Waals surface area contributed by atoms with Crippen molar-refractivity contribution in [1.29, 1.82) is 0 Å². The monoisotopic (exact) mass is 431 g/mol. The summed E-state index contributed by atoms with van der Waals surface area (Å²) in [7, 11) is 1.49. The number of morpholine rings is 1. The standard InChI is InChI=1S/C17H17ClF3N5OS/c1-8-6-27-5-4-26(8)15-13-12(22-16(18)23-15)10(7-28-13)11-9(2)25(3)24-14(11)17(19,20)21/h7-8H,4-6H2,1-3H3/t8-/m1/s1. The predicted octanol–water partition coefficient (Wildman–Crippen LogP) is 4.30. The van der Waals surface area contributed by atoms with E-state index in [9.17, 15) is 13.2 Å². The first-order valence-corrected chi connectivity index (χ1v) is 9.84.